The standard InChI is InChI=1S/C11H9ClF2N2O3/c12-7-1-6(13)2-8(14)9(7)15-11(19)16-3-5(4-16)10(17)18/h1-2,5H,3-4H2,(H,15,19)(H,17,18). The van der Waals surface area contributed by atoms with Gasteiger partial charge < -0.3 is 15.3 Å². The summed E-state index contributed by atoms with van der Waals surface area (Å²) in [5.74, 6) is -3.45. The molecule has 1 heterocycles. The molecule has 1 saturated heterocycles. The quantitative estimate of drug-likeness (QED) is 0.877. The van der Waals surface area contributed by atoms with Crippen molar-refractivity contribution < 1.29 is 23.5 Å². The predicted octanol–water partition coefficient (Wildman–Crippen LogP) is 2.17. The molecule has 1 aliphatic rings. The van der Waals surface area contributed by atoms with E-state index in [-0.39, 0.29) is 23.8 Å². The third kappa shape index (κ3) is 2.76. The van der Waals surface area contributed by atoms with E-state index in [4.69, 9.17) is 16.7 Å². The van der Waals surface area contributed by atoms with Gasteiger partial charge >= 0.3 is 12.0 Å². The van der Waals surface area contributed by atoms with E-state index in [0.29, 0.717) is 6.07 Å². The zero-order valence-corrected chi connectivity index (χ0v) is 10.2. The van der Waals surface area contributed by atoms with Crippen molar-refractivity contribution in [2.24, 2.45) is 5.92 Å². The van der Waals surface area contributed by atoms with Crippen LogP contribution >= 0.6 is 11.6 Å². The summed E-state index contributed by atoms with van der Waals surface area (Å²) in [4.78, 5) is 23.4. The molecule has 0 aromatic heterocycles. The van der Waals surface area contributed by atoms with Gasteiger partial charge in [-0.1, -0.05) is 11.6 Å². The Morgan fingerprint density at radius 2 is 2.00 bits per heavy atom. The average Bonchev–Trinajstić information content (AvgIpc) is 2.20. The maximum atomic E-state index is 13.4. The highest BCUT2D eigenvalue weighted by atomic mass is 35.5. The maximum absolute atomic E-state index is 13.4. The summed E-state index contributed by atoms with van der Waals surface area (Å²) in [6.07, 6.45) is 0. The van der Waals surface area contributed by atoms with E-state index in [1.807, 2.05) is 0 Å². The number of anilines is 1. The lowest BCUT2D eigenvalue weighted by molar-refractivity contribution is -0.145. The van der Waals surface area contributed by atoms with Crippen LogP contribution in [-0.2, 0) is 4.79 Å². The van der Waals surface area contributed by atoms with Gasteiger partial charge in [-0.2, -0.15) is 0 Å². The molecule has 102 valence electrons. The maximum Gasteiger partial charge on any atom is 0.322 e. The van der Waals surface area contributed by atoms with Gasteiger partial charge in [0.1, 0.15) is 5.82 Å². The first-order valence-corrected chi connectivity index (χ1v) is 5.69. The first-order chi connectivity index (χ1) is 8.88. The zero-order valence-electron chi connectivity index (χ0n) is 9.49. The van der Waals surface area contributed by atoms with Gasteiger partial charge in [-0.3, -0.25) is 4.79 Å². The number of carbonyl (C=O) groups excluding carboxylic acids is 1. The smallest absolute Gasteiger partial charge is 0.322 e. The highest BCUT2D eigenvalue weighted by molar-refractivity contribution is 6.33. The van der Waals surface area contributed by atoms with Gasteiger partial charge in [0, 0.05) is 19.2 Å². The summed E-state index contributed by atoms with van der Waals surface area (Å²) in [5.41, 5.74) is -0.327. The first kappa shape index (κ1) is 13.5. The van der Waals surface area contributed by atoms with Gasteiger partial charge in [0.05, 0.1) is 16.6 Å². The summed E-state index contributed by atoms with van der Waals surface area (Å²) in [7, 11) is 0. The van der Waals surface area contributed by atoms with Gasteiger partial charge in [0.25, 0.3) is 0 Å². The number of likely N-dealkylation sites (tertiary alicyclic amines) is 1. The van der Waals surface area contributed by atoms with Crippen LogP contribution < -0.4 is 5.32 Å². The van der Waals surface area contributed by atoms with Crippen molar-refractivity contribution in [3.05, 3.63) is 28.8 Å². The summed E-state index contributed by atoms with van der Waals surface area (Å²) < 4.78 is 26.2. The van der Waals surface area contributed by atoms with Gasteiger partial charge in [0.15, 0.2) is 5.82 Å². The largest absolute Gasteiger partial charge is 0.481 e. The summed E-state index contributed by atoms with van der Waals surface area (Å²) in [6.45, 7) is 0.0865. The minimum Gasteiger partial charge on any atom is -0.481 e. The second kappa shape index (κ2) is 5.00. The Labute approximate surface area is 111 Å². The van der Waals surface area contributed by atoms with Crippen LogP contribution in [0.4, 0.5) is 19.3 Å². The summed E-state index contributed by atoms with van der Waals surface area (Å²) in [6, 6.07) is 0.790. The van der Waals surface area contributed by atoms with Crippen LogP contribution in [0.1, 0.15) is 0 Å². The number of rotatable bonds is 2. The van der Waals surface area contributed by atoms with Crippen molar-refractivity contribution in [3.8, 4) is 0 Å². The van der Waals surface area contributed by atoms with Crippen LogP contribution in [-0.4, -0.2) is 35.1 Å². The van der Waals surface area contributed by atoms with Gasteiger partial charge in [-0.25, -0.2) is 13.6 Å². The number of nitrogens with one attached hydrogen (secondary N) is 1. The number of carbonyl (C=O) groups is 2. The molecule has 1 fully saturated rings. The molecule has 0 saturated carbocycles. The molecule has 0 atom stereocenters. The van der Waals surface area contributed by atoms with E-state index in [1.54, 1.807) is 0 Å². The van der Waals surface area contributed by atoms with E-state index >= 15 is 0 Å². The fraction of sp³-hybridized carbons (Fsp3) is 0.273. The van der Waals surface area contributed by atoms with Crippen molar-refractivity contribution in [3.63, 3.8) is 0 Å². The fourth-order valence-electron chi connectivity index (χ4n) is 1.65. The molecule has 1 aromatic carbocycles. The molecule has 8 heteroatoms. The second-order valence-electron chi connectivity index (χ2n) is 4.11. The molecule has 1 aliphatic heterocycles. The van der Waals surface area contributed by atoms with Crippen molar-refractivity contribution in [1.29, 1.82) is 0 Å². The van der Waals surface area contributed by atoms with Crippen LogP contribution in [0, 0.1) is 17.6 Å². The van der Waals surface area contributed by atoms with E-state index in [2.05, 4.69) is 5.32 Å². The normalized spacial score (nSPS) is 15.0. The minimum absolute atomic E-state index is 0.0433. The molecule has 1 aromatic rings. The Balaban J connectivity index is 2.03. The number of nitrogens with zero attached hydrogens (tertiary/aromatic N) is 1. The lowest BCUT2D eigenvalue weighted by atomic mass is 10.0. The molecule has 0 unspecified atom stereocenters. The summed E-state index contributed by atoms with van der Waals surface area (Å²) >= 11 is 5.62. The molecule has 19 heavy (non-hydrogen) atoms. The predicted molar refractivity (Wildman–Crippen MR) is 63.1 cm³/mol. The molecule has 2 rings (SSSR count). The average molecular weight is 291 g/mol. The number of hydrogen-bond donors (Lipinski definition) is 2. The number of carboxylic acid groups (broad SMARTS) is 1. The van der Waals surface area contributed by atoms with Crippen molar-refractivity contribution in [1.82, 2.24) is 4.90 Å². The molecular weight excluding hydrogens is 282 g/mol. The molecule has 0 bridgehead atoms. The van der Waals surface area contributed by atoms with Crippen LogP contribution in [0.5, 0.6) is 0 Å². The van der Waals surface area contributed by atoms with Crippen molar-refractivity contribution in [2.45, 2.75) is 0 Å². The lowest BCUT2D eigenvalue weighted by Gasteiger charge is -2.36. The molecule has 5 nitrogen and oxygen atoms in total. The van der Waals surface area contributed by atoms with Crippen LogP contribution in [0.15, 0.2) is 12.1 Å². The van der Waals surface area contributed by atoms with Crippen molar-refractivity contribution >= 4 is 29.3 Å². The number of benzene rings is 1. The Morgan fingerprint density at radius 1 is 1.37 bits per heavy atom. The molecule has 2 N–H and O–H groups in total. The number of halogens is 3. The van der Waals surface area contributed by atoms with Crippen LogP contribution in [0.2, 0.25) is 5.02 Å². The van der Waals surface area contributed by atoms with Gasteiger partial charge in [0.2, 0.25) is 0 Å². The van der Waals surface area contributed by atoms with Gasteiger partial charge in [-0.15, -0.1) is 0 Å². The SMILES string of the molecule is O=C(O)C1CN(C(=O)Nc2c(F)cc(F)cc2Cl)C1. The zero-order chi connectivity index (χ0) is 14.2. The monoisotopic (exact) mass is 290 g/mol. The second-order valence-corrected chi connectivity index (χ2v) is 4.52. The first-order valence-electron chi connectivity index (χ1n) is 5.31. The highest BCUT2D eigenvalue weighted by Gasteiger charge is 2.36. The third-order valence-corrected chi connectivity index (χ3v) is 3.05. The number of carboxylic acids is 1. The molecule has 0 aliphatic carbocycles. The number of amides is 2. The van der Waals surface area contributed by atoms with E-state index in [0.717, 1.165) is 6.07 Å². The Kier molecular flexibility index (Phi) is 3.57. The number of urea groups is 1. The topological polar surface area (TPSA) is 69.6 Å². The van der Waals surface area contributed by atoms with Crippen LogP contribution in [0.25, 0.3) is 0 Å². The summed E-state index contributed by atoms with van der Waals surface area (Å²) in [5, 5.41) is 10.6. The number of hydrogen-bond acceptors (Lipinski definition) is 2. The Hall–Kier alpha value is -1.89. The van der Waals surface area contributed by atoms with E-state index in [1.165, 1.54) is 4.90 Å². The van der Waals surface area contributed by atoms with Gasteiger partial charge in [-0.05, 0) is 6.07 Å². The number of aliphatic carboxylic acids is 1. The molecule has 0 radical (unpaired) electrons. The third-order valence-electron chi connectivity index (χ3n) is 2.76. The molecular formula is C11H9ClF2N2O3. The molecule has 0 spiro atoms. The van der Waals surface area contributed by atoms with Crippen molar-refractivity contribution in [2.75, 3.05) is 18.4 Å². The highest BCUT2D eigenvalue weighted by Crippen LogP contribution is 2.27. The fourth-order valence-corrected chi connectivity index (χ4v) is 1.89. The van der Waals surface area contributed by atoms with Crippen LogP contribution in [0.3, 0.4) is 0 Å². The molecule has 2 amide bonds. The van der Waals surface area contributed by atoms with E-state index in [9.17, 15) is 18.4 Å². The minimum atomic E-state index is -0.992. The Bertz CT molecular complexity index is 524. The Morgan fingerprint density at radius 3 is 2.53 bits per heavy atom. The lowest BCUT2D eigenvalue weighted by Crippen LogP contribution is -2.54. The van der Waals surface area contributed by atoms with E-state index < -0.39 is 29.6 Å².